The van der Waals surface area contributed by atoms with E-state index in [1.165, 1.54) is 0 Å². The first-order valence-corrected chi connectivity index (χ1v) is 8.05. The topological polar surface area (TPSA) is 67.6 Å². The Bertz CT molecular complexity index is 643. The van der Waals surface area contributed by atoms with Gasteiger partial charge in [0.1, 0.15) is 18.1 Å². The highest BCUT2D eigenvalue weighted by molar-refractivity contribution is 5.94. The van der Waals surface area contributed by atoms with E-state index in [-0.39, 0.29) is 5.91 Å². The van der Waals surface area contributed by atoms with Crippen molar-refractivity contribution in [2.45, 2.75) is 26.9 Å². The molecule has 0 aliphatic rings. The standard InChI is InChI=1S/C18H25N3O3/c1-13-17(14(2)24-20-13)12-23-16-8-6-15(7-9-16)18(22)19-10-5-11-21(3)4/h6-9H,5,10-12H2,1-4H3,(H,19,22). The van der Waals surface area contributed by atoms with Gasteiger partial charge in [-0.25, -0.2) is 0 Å². The second kappa shape index (κ2) is 8.49. The van der Waals surface area contributed by atoms with E-state index in [4.69, 9.17) is 9.26 Å². The predicted octanol–water partition coefficient (Wildman–Crippen LogP) is 2.55. The molecule has 24 heavy (non-hydrogen) atoms. The number of nitrogens with one attached hydrogen (secondary N) is 1. The second-order valence-electron chi connectivity index (χ2n) is 6.03. The molecule has 2 aromatic rings. The maximum Gasteiger partial charge on any atom is 0.251 e. The number of aryl methyl sites for hydroxylation is 2. The van der Waals surface area contributed by atoms with Crippen molar-refractivity contribution in [3.63, 3.8) is 0 Å². The van der Waals surface area contributed by atoms with Gasteiger partial charge < -0.3 is 19.5 Å². The molecule has 0 aliphatic heterocycles. The maximum absolute atomic E-state index is 12.0. The van der Waals surface area contributed by atoms with Crippen LogP contribution in [0.2, 0.25) is 0 Å². The molecule has 0 spiro atoms. The van der Waals surface area contributed by atoms with Crippen molar-refractivity contribution in [3.8, 4) is 5.75 Å². The van der Waals surface area contributed by atoms with Crippen LogP contribution in [0.5, 0.6) is 5.75 Å². The Kier molecular flexibility index (Phi) is 6.37. The van der Waals surface area contributed by atoms with Crippen molar-refractivity contribution in [3.05, 3.63) is 46.8 Å². The van der Waals surface area contributed by atoms with E-state index in [1.54, 1.807) is 24.3 Å². The van der Waals surface area contributed by atoms with E-state index in [0.29, 0.717) is 24.5 Å². The van der Waals surface area contributed by atoms with Gasteiger partial charge in [-0.1, -0.05) is 5.16 Å². The van der Waals surface area contributed by atoms with E-state index in [1.807, 2.05) is 27.9 Å². The third-order valence-corrected chi connectivity index (χ3v) is 3.75. The summed E-state index contributed by atoms with van der Waals surface area (Å²) in [5.74, 6) is 1.41. The lowest BCUT2D eigenvalue weighted by Crippen LogP contribution is -2.27. The third kappa shape index (κ3) is 5.09. The van der Waals surface area contributed by atoms with Crippen molar-refractivity contribution in [2.75, 3.05) is 27.2 Å². The van der Waals surface area contributed by atoms with Gasteiger partial charge in [0.2, 0.25) is 0 Å². The van der Waals surface area contributed by atoms with Crippen LogP contribution in [0.15, 0.2) is 28.8 Å². The lowest BCUT2D eigenvalue weighted by atomic mass is 10.2. The highest BCUT2D eigenvalue weighted by Gasteiger charge is 2.10. The summed E-state index contributed by atoms with van der Waals surface area (Å²) in [6, 6.07) is 7.13. The Balaban J connectivity index is 1.83. The van der Waals surface area contributed by atoms with Crippen LogP contribution in [0.1, 0.15) is 33.8 Å². The number of carbonyl (C=O) groups is 1. The number of hydrogen-bond donors (Lipinski definition) is 1. The molecule has 0 fully saturated rings. The van der Waals surface area contributed by atoms with Crippen molar-refractivity contribution in [1.29, 1.82) is 0 Å². The Morgan fingerprint density at radius 2 is 1.96 bits per heavy atom. The summed E-state index contributed by atoms with van der Waals surface area (Å²) in [4.78, 5) is 14.1. The van der Waals surface area contributed by atoms with Gasteiger partial charge in [0.15, 0.2) is 0 Å². The fraction of sp³-hybridized carbons (Fsp3) is 0.444. The monoisotopic (exact) mass is 331 g/mol. The normalized spacial score (nSPS) is 10.9. The molecule has 1 aromatic heterocycles. The highest BCUT2D eigenvalue weighted by Crippen LogP contribution is 2.17. The lowest BCUT2D eigenvalue weighted by molar-refractivity contribution is 0.0952. The minimum Gasteiger partial charge on any atom is -0.489 e. The minimum atomic E-state index is -0.0639. The average Bonchev–Trinajstić information content (AvgIpc) is 2.88. The zero-order valence-electron chi connectivity index (χ0n) is 14.8. The number of ether oxygens (including phenoxy) is 1. The first-order valence-electron chi connectivity index (χ1n) is 8.05. The predicted molar refractivity (Wildman–Crippen MR) is 92.3 cm³/mol. The minimum absolute atomic E-state index is 0.0639. The molecule has 1 aromatic carbocycles. The first kappa shape index (κ1) is 18.0. The van der Waals surface area contributed by atoms with Gasteiger partial charge in [0, 0.05) is 12.1 Å². The van der Waals surface area contributed by atoms with Gasteiger partial charge in [-0.3, -0.25) is 4.79 Å². The summed E-state index contributed by atoms with van der Waals surface area (Å²) in [5.41, 5.74) is 2.42. The zero-order chi connectivity index (χ0) is 17.5. The molecule has 1 amide bonds. The summed E-state index contributed by atoms with van der Waals surface area (Å²) in [5, 5.41) is 6.82. The maximum atomic E-state index is 12.0. The van der Waals surface area contributed by atoms with Gasteiger partial charge in [-0.15, -0.1) is 0 Å². The Hall–Kier alpha value is -2.34. The molecule has 1 heterocycles. The smallest absolute Gasteiger partial charge is 0.251 e. The van der Waals surface area contributed by atoms with Crippen LogP contribution in [0.4, 0.5) is 0 Å². The van der Waals surface area contributed by atoms with Gasteiger partial charge in [-0.05, 0) is 65.2 Å². The van der Waals surface area contributed by atoms with Crippen molar-refractivity contribution < 1.29 is 14.1 Å². The summed E-state index contributed by atoms with van der Waals surface area (Å²) in [7, 11) is 4.03. The Morgan fingerprint density at radius 3 is 2.54 bits per heavy atom. The number of hydrogen-bond acceptors (Lipinski definition) is 5. The molecule has 0 bridgehead atoms. The SMILES string of the molecule is Cc1noc(C)c1COc1ccc(C(=O)NCCCN(C)C)cc1. The van der Waals surface area contributed by atoms with Crippen LogP contribution in [0.25, 0.3) is 0 Å². The average molecular weight is 331 g/mol. The first-order chi connectivity index (χ1) is 11.5. The molecular formula is C18H25N3O3. The second-order valence-corrected chi connectivity index (χ2v) is 6.03. The Labute approximate surface area is 142 Å². The molecule has 1 N–H and O–H groups in total. The summed E-state index contributed by atoms with van der Waals surface area (Å²) in [6.45, 7) is 5.77. The van der Waals surface area contributed by atoms with Crippen LogP contribution in [0, 0.1) is 13.8 Å². The third-order valence-electron chi connectivity index (χ3n) is 3.75. The lowest BCUT2D eigenvalue weighted by Gasteiger charge is -2.10. The molecule has 6 nitrogen and oxygen atoms in total. The molecule has 0 aliphatic carbocycles. The summed E-state index contributed by atoms with van der Waals surface area (Å²) < 4.78 is 10.8. The Morgan fingerprint density at radius 1 is 1.25 bits per heavy atom. The quantitative estimate of drug-likeness (QED) is 0.753. The molecule has 130 valence electrons. The van der Waals surface area contributed by atoms with Crippen LogP contribution in [0.3, 0.4) is 0 Å². The molecule has 0 atom stereocenters. The van der Waals surface area contributed by atoms with Gasteiger partial charge in [0.25, 0.3) is 5.91 Å². The van der Waals surface area contributed by atoms with Crippen molar-refractivity contribution >= 4 is 5.91 Å². The van der Waals surface area contributed by atoms with Gasteiger partial charge >= 0.3 is 0 Å². The molecule has 0 unspecified atom stereocenters. The fourth-order valence-corrected chi connectivity index (χ4v) is 2.27. The van der Waals surface area contributed by atoms with Crippen LogP contribution >= 0.6 is 0 Å². The van der Waals surface area contributed by atoms with Crippen LogP contribution in [-0.4, -0.2) is 43.1 Å². The largest absolute Gasteiger partial charge is 0.489 e. The van der Waals surface area contributed by atoms with Crippen molar-refractivity contribution in [2.24, 2.45) is 0 Å². The van der Waals surface area contributed by atoms with E-state index >= 15 is 0 Å². The molecule has 2 rings (SSSR count). The van der Waals surface area contributed by atoms with Gasteiger partial charge in [0.05, 0.1) is 11.3 Å². The number of amides is 1. The number of rotatable bonds is 8. The van der Waals surface area contributed by atoms with Crippen LogP contribution < -0.4 is 10.1 Å². The highest BCUT2D eigenvalue weighted by atomic mass is 16.5. The zero-order valence-corrected chi connectivity index (χ0v) is 14.8. The molecule has 0 saturated carbocycles. The van der Waals surface area contributed by atoms with E-state index in [2.05, 4.69) is 15.4 Å². The number of carbonyl (C=O) groups excluding carboxylic acids is 1. The van der Waals surface area contributed by atoms with Crippen molar-refractivity contribution in [1.82, 2.24) is 15.4 Å². The van der Waals surface area contributed by atoms with Gasteiger partial charge in [-0.2, -0.15) is 0 Å². The van der Waals surface area contributed by atoms with E-state index in [9.17, 15) is 4.79 Å². The number of aromatic nitrogens is 1. The van der Waals surface area contributed by atoms with E-state index < -0.39 is 0 Å². The molecular weight excluding hydrogens is 306 g/mol. The van der Waals surface area contributed by atoms with Crippen LogP contribution in [-0.2, 0) is 6.61 Å². The molecule has 0 saturated heterocycles. The molecule has 0 radical (unpaired) electrons. The number of benzene rings is 1. The molecule has 6 heteroatoms. The summed E-state index contributed by atoms with van der Waals surface area (Å²) >= 11 is 0. The van der Waals surface area contributed by atoms with E-state index in [0.717, 1.165) is 30.0 Å². The fourth-order valence-electron chi connectivity index (χ4n) is 2.27. The summed E-state index contributed by atoms with van der Waals surface area (Å²) in [6.07, 6.45) is 0.928. The number of nitrogens with zero attached hydrogens (tertiary/aromatic N) is 2.